The fourth-order valence-corrected chi connectivity index (χ4v) is 2.28. The second-order valence-corrected chi connectivity index (χ2v) is 6.20. The molecule has 0 spiro atoms. The molecule has 3 nitrogen and oxygen atoms in total. The van der Waals surface area contributed by atoms with Crippen LogP contribution in [0.2, 0.25) is 0 Å². The van der Waals surface area contributed by atoms with Crippen molar-refractivity contribution in [2.24, 2.45) is 0 Å². The highest BCUT2D eigenvalue weighted by Gasteiger charge is 2.23. The summed E-state index contributed by atoms with van der Waals surface area (Å²) in [6.07, 6.45) is -0.353. The molecule has 0 aliphatic rings. The molecular formula is C11H15Br2NO2. The Morgan fingerprint density at radius 3 is 1.81 bits per heavy atom. The van der Waals surface area contributed by atoms with Crippen molar-refractivity contribution in [3.05, 3.63) is 20.3 Å². The Morgan fingerprint density at radius 2 is 1.50 bits per heavy atom. The van der Waals surface area contributed by atoms with Gasteiger partial charge in [-0.25, -0.2) is 4.79 Å². The highest BCUT2D eigenvalue weighted by molar-refractivity contribution is 9.13. The molecule has 0 N–H and O–H groups in total. The van der Waals surface area contributed by atoms with Crippen LogP contribution in [0, 0.1) is 13.8 Å². The van der Waals surface area contributed by atoms with Gasteiger partial charge in [0.1, 0.15) is 5.60 Å². The zero-order valence-electron chi connectivity index (χ0n) is 10.0. The molecule has 0 aliphatic heterocycles. The molecule has 1 aromatic rings. The molecule has 0 saturated carbocycles. The molecule has 0 radical (unpaired) electrons. The first-order valence-corrected chi connectivity index (χ1v) is 6.50. The number of aromatic nitrogens is 1. The summed E-state index contributed by atoms with van der Waals surface area (Å²) in [5.74, 6) is 0. The maximum absolute atomic E-state index is 12.0. The Morgan fingerprint density at radius 1 is 1.12 bits per heavy atom. The highest BCUT2D eigenvalue weighted by Crippen LogP contribution is 2.32. The van der Waals surface area contributed by atoms with E-state index in [1.54, 1.807) is 4.57 Å². The van der Waals surface area contributed by atoms with E-state index >= 15 is 0 Å². The summed E-state index contributed by atoms with van der Waals surface area (Å²) in [5.41, 5.74) is 1.18. The van der Waals surface area contributed by atoms with Gasteiger partial charge in [-0.05, 0) is 66.5 Å². The zero-order chi connectivity index (χ0) is 12.7. The molecule has 0 unspecified atom stereocenters. The molecule has 0 fully saturated rings. The molecule has 5 heteroatoms. The van der Waals surface area contributed by atoms with Crippen LogP contribution in [0.1, 0.15) is 32.2 Å². The highest BCUT2D eigenvalue weighted by atomic mass is 79.9. The Labute approximate surface area is 112 Å². The van der Waals surface area contributed by atoms with Gasteiger partial charge < -0.3 is 4.74 Å². The predicted molar refractivity (Wildman–Crippen MR) is 70.9 cm³/mol. The number of carbonyl (C=O) groups is 1. The first-order chi connectivity index (χ1) is 7.15. The van der Waals surface area contributed by atoms with Crippen molar-refractivity contribution in [1.82, 2.24) is 4.57 Å². The lowest BCUT2D eigenvalue weighted by molar-refractivity contribution is 0.0531. The molecule has 0 atom stereocenters. The molecule has 0 aromatic carbocycles. The monoisotopic (exact) mass is 351 g/mol. The van der Waals surface area contributed by atoms with E-state index in [-0.39, 0.29) is 6.09 Å². The van der Waals surface area contributed by atoms with E-state index in [2.05, 4.69) is 31.9 Å². The molecule has 90 valence electrons. The van der Waals surface area contributed by atoms with Gasteiger partial charge in [0.2, 0.25) is 0 Å². The summed E-state index contributed by atoms with van der Waals surface area (Å²) in [4.78, 5) is 12.0. The maximum atomic E-state index is 12.0. The number of ether oxygens (including phenoxy) is 1. The summed E-state index contributed by atoms with van der Waals surface area (Å²) in [5, 5.41) is 0. The van der Waals surface area contributed by atoms with Crippen molar-refractivity contribution in [3.8, 4) is 0 Å². The van der Waals surface area contributed by atoms with Gasteiger partial charge in [0.25, 0.3) is 0 Å². The zero-order valence-corrected chi connectivity index (χ0v) is 13.2. The van der Waals surface area contributed by atoms with Gasteiger partial charge in [0.15, 0.2) is 0 Å². The molecule has 0 amide bonds. The molecule has 16 heavy (non-hydrogen) atoms. The molecule has 0 bridgehead atoms. The first-order valence-electron chi connectivity index (χ1n) is 4.91. The molecule has 0 aliphatic carbocycles. The Hall–Kier alpha value is -0.290. The van der Waals surface area contributed by atoms with Crippen LogP contribution in [-0.2, 0) is 4.74 Å². The Bertz CT molecular complexity index is 405. The fraction of sp³-hybridized carbons (Fsp3) is 0.545. The van der Waals surface area contributed by atoms with Gasteiger partial charge in [-0.2, -0.15) is 0 Å². The fourth-order valence-electron chi connectivity index (χ4n) is 1.35. The van der Waals surface area contributed by atoms with Crippen LogP contribution in [0.3, 0.4) is 0 Å². The van der Waals surface area contributed by atoms with Crippen LogP contribution < -0.4 is 0 Å². The first kappa shape index (κ1) is 13.8. The van der Waals surface area contributed by atoms with Crippen LogP contribution in [-0.4, -0.2) is 16.3 Å². The van der Waals surface area contributed by atoms with E-state index in [0.29, 0.717) is 0 Å². The van der Waals surface area contributed by atoms with Crippen molar-refractivity contribution in [2.45, 2.75) is 40.2 Å². The maximum Gasteiger partial charge on any atom is 0.419 e. The normalized spacial score (nSPS) is 11.7. The third-order valence-electron chi connectivity index (χ3n) is 2.07. The van der Waals surface area contributed by atoms with E-state index in [1.165, 1.54) is 0 Å². The van der Waals surface area contributed by atoms with Crippen LogP contribution in [0.5, 0.6) is 0 Å². The third-order valence-corrected chi connectivity index (χ3v) is 4.55. The summed E-state index contributed by atoms with van der Waals surface area (Å²) in [6.45, 7) is 9.28. The lowest BCUT2D eigenvalue weighted by atomic mass is 10.2. The topological polar surface area (TPSA) is 31.2 Å². The van der Waals surface area contributed by atoms with E-state index in [1.807, 2.05) is 34.6 Å². The molecule has 1 aromatic heterocycles. The smallest absolute Gasteiger partial charge is 0.419 e. The summed E-state index contributed by atoms with van der Waals surface area (Å²) >= 11 is 6.85. The second kappa shape index (κ2) is 4.53. The summed E-state index contributed by atoms with van der Waals surface area (Å²) in [7, 11) is 0. The van der Waals surface area contributed by atoms with E-state index in [0.717, 1.165) is 20.3 Å². The lowest BCUT2D eigenvalue weighted by Gasteiger charge is -2.20. The second-order valence-electron chi connectivity index (χ2n) is 4.61. The van der Waals surface area contributed by atoms with Crippen LogP contribution in [0.25, 0.3) is 0 Å². The molecule has 1 rings (SSSR count). The van der Waals surface area contributed by atoms with Crippen LogP contribution >= 0.6 is 31.9 Å². The minimum atomic E-state index is -0.487. The average Bonchev–Trinajstić information content (AvgIpc) is 2.28. The van der Waals surface area contributed by atoms with Crippen LogP contribution in [0.4, 0.5) is 4.79 Å². The minimum absolute atomic E-state index is 0.353. The van der Waals surface area contributed by atoms with Gasteiger partial charge in [-0.3, -0.25) is 4.57 Å². The number of carbonyl (C=O) groups excluding carboxylic acids is 1. The average molecular weight is 353 g/mol. The lowest BCUT2D eigenvalue weighted by Crippen LogP contribution is -2.28. The number of hydrogen-bond acceptors (Lipinski definition) is 2. The number of rotatable bonds is 0. The van der Waals surface area contributed by atoms with E-state index < -0.39 is 5.60 Å². The Balaban J connectivity index is 3.15. The number of nitrogens with zero attached hydrogens (tertiary/aromatic N) is 1. The van der Waals surface area contributed by atoms with E-state index in [9.17, 15) is 4.79 Å². The van der Waals surface area contributed by atoms with Gasteiger partial charge in [0, 0.05) is 11.4 Å². The molecule has 1 heterocycles. The summed E-state index contributed by atoms with van der Waals surface area (Å²) in [6, 6.07) is 0. The SMILES string of the molecule is Cc1c(Br)c(Br)c(C)n1C(=O)OC(C)(C)C. The minimum Gasteiger partial charge on any atom is -0.443 e. The Kier molecular flexibility index (Phi) is 3.90. The van der Waals surface area contributed by atoms with Gasteiger partial charge in [-0.1, -0.05) is 0 Å². The largest absolute Gasteiger partial charge is 0.443 e. The van der Waals surface area contributed by atoms with Crippen molar-refractivity contribution in [2.75, 3.05) is 0 Å². The van der Waals surface area contributed by atoms with Crippen LogP contribution in [0.15, 0.2) is 8.95 Å². The quantitative estimate of drug-likeness (QED) is 0.692. The molecule has 0 saturated heterocycles. The third kappa shape index (κ3) is 2.69. The summed E-state index contributed by atoms with van der Waals surface area (Å²) < 4.78 is 8.66. The van der Waals surface area contributed by atoms with Crippen molar-refractivity contribution in [1.29, 1.82) is 0 Å². The van der Waals surface area contributed by atoms with Gasteiger partial charge in [0.05, 0.1) is 8.95 Å². The number of hydrogen-bond donors (Lipinski definition) is 0. The predicted octanol–water partition coefficient (Wildman–Crippen LogP) is 4.41. The van der Waals surface area contributed by atoms with Gasteiger partial charge in [-0.15, -0.1) is 0 Å². The van der Waals surface area contributed by atoms with Gasteiger partial charge >= 0.3 is 6.09 Å². The van der Waals surface area contributed by atoms with Crippen molar-refractivity contribution in [3.63, 3.8) is 0 Å². The molecular weight excluding hydrogens is 338 g/mol. The number of halogens is 2. The van der Waals surface area contributed by atoms with E-state index in [4.69, 9.17) is 4.74 Å². The van der Waals surface area contributed by atoms with Crippen molar-refractivity contribution < 1.29 is 9.53 Å². The van der Waals surface area contributed by atoms with Crippen molar-refractivity contribution >= 4 is 38.0 Å². The standard InChI is InChI=1S/C11H15Br2NO2/c1-6-8(12)9(13)7(2)14(6)10(15)16-11(3,4)5/h1-5H3.